The number of amides is 1. The number of H-pyrrole nitrogens is 1. The molecule has 1 amide bonds. The van der Waals surface area contributed by atoms with Crippen molar-refractivity contribution >= 4 is 16.8 Å². The number of fused-ring (bicyclic) bond motifs is 1. The van der Waals surface area contributed by atoms with Crippen molar-refractivity contribution in [1.29, 1.82) is 0 Å². The number of aromatic amines is 1. The standard InChI is InChI=1S/C17H23N3O/c1-4-20(11-12(2)3)17(21)15(18)9-13-10-19-16-8-6-5-7-14(13)16/h5-8,10,15,19H,2,4,9,11,18H2,1,3H3. The number of hydrogen-bond donors (Lipinski definition) is 2. The van der Waals surface area contributed by atoms with Crippen LogP contribution in [0.4, 0.5) is 0 Å². The zero-order valence-corrected chi connectivity index (χ0v) is 12.7. The molecular weight excluding hydrogens is 262 g/mol. The van der Waals surface area contributed by atoms with E-state index in [1.165, 1.54) is 0 Å². The lowest BCUT2D eigenvalue weighted by Crippen LogP contribution is -2.45. The molecule has 0 aliphatic heterocycles. The highest BCUT2D eigenvalue weighted by Crippen LogP contribution is 2.19. The number of hydrogen-bond acceptors (Lipinski definition) is 2. The molecule has 0 fully saturated rings. The second-order valence-electron chi connectivity index (χ2n) is 5.48. The van der Waals surface area contributed by atoms with Gasteiger partial charge in [-0.05, 0) is 31.9 Å². The second kappa shape index (κ2) is 6.59. The van der Waals surface area contributed by atoms with Gasteiger partial charge in [0.25, 0.3) is 0 Å². The third kappa shape index (κ3) is 3.52. The van der Waals surface area contributed by atoms with Crippen molar-refractivity contribution in [3.05, 3.63) is 48.2 Å². The Morgan fingerprint density at radius 2 is 2.14 bits per heavy atom. The number of nitrogens with one attached hydrogen (secondary N) is 1. The Hall–Kier alpha value is -2.07. The van der Waals surface area contributed by atoms with Crippen LogP contribution in [-0.2, 0) is 11.2 Å². The molecule has 2 aromatic rings. The van der Waals surface area contributed by atoms with Gasteiger partial charge in [0.1, 0.15) is 0 Å². The first-order valence-electron chi connectivity index (χ1n) is 7.26. The number of benzene rings is 1. The van der Waals surface area contributed by atoms with Gasteiger partial charge in [-0.2, -0.15) is 0 Å². The highest BCUT2D eigenvalue weighted by molar-refractivity contribution is 5.86. The van der Waals surface area contributed by atoms with Gasteiger partial charge in [0.15, 0.2) is 0 Å². The lowest BCUT2D eigenvalue weighted by atomic mass is 10.0. The number of nitrogens with two attached hydrogens (primary N) is 1. The Morgan fingerprint density at radius 1 is 1.43 bits per heavy atom. The zero-order valence-electron chi connectivity index (χ0n) is 12.7. The summed E-state index contributed by atoms with van der Waals surface area (Å²) in [7, 11) is 0. The first-order chi connectivity index (χ1) is 10.0. The van der Waals surface area contributed by atoms with E-state index in [2.05, 4.69) is 11.6 Å². The van der Waals surface area contributed by atoms with Gasteiger partial charge < -0.3 is 15.6 Å². The molecule has 4 nitrogen and oxygen atoms in total. The predicted molar refractivity (Wildman–Crippen MR) is 87.0 cm³/mol. The average Bonchev–Trinajstić information content (AvgIpc) is 2.87. The molecule has 0 spiro atoms. The molecule has 1 aromatic heterocycles. The van der Waals surface area contributed by atoms with Crippen LogP contribution >= 0.6 is 0 Å². The Bertz CT molecular complexity index is 644. The molecule has 0 saturated heterocycles. The minimum Gasteiger partial charge on any atom is -0.361 e. The first-order valence-corrected chi connectivity index (χ1v) is 7.26. The quantitative estimate of drug-likeness (QED) is 0.801. The zero-order chi connectivity index (χ0) is 15.4. The van der Waals surface area contributed by atoms with E-state index in [1.807, 2.05) is 44.3 Å². The first kappa shape index (κ1) is 15.3. The summed E-state index contributed by atoms with van der Waals surface area (Å²) in [4.78, 5) is 17.4. The molecular formula is C17H23N3O. The van der Waals surface area contributed by atoms with Crippen molar-refractivity contribution in [3.63, 3.8) is 0 Å². The largest absolute Gasteiger partial charge is 0.361 e. The Morgan fingerprint density at radius 3 is 2.81 bits per heavy atom. The molecule has 1 atom stereocenters. The molecule has 0 bridgehead atoms. The summed E-state index contributed by atoms with van der Waals surface area (Å²) in [5.74, 6) is -0.0224. The van der Waals surface area contributed by atoms with Crippen LogP contribution in [-0.4, -0.2) is 34.9 Å². The Labute approximate surface area is 125 Å². The summed E-state index contributed by atoms with van der Waals surface area (Å²) in [5, 5.41) is 1.13. The van der Waals surface area contributed by atoms with Gasteiger partial charge in [-0.15, -0.1) is 0 Å². The maximum Gasteiger partial charge on any atom is 0.240 e. The molecule has 0 radical (unpaired) electrons. The topological polar surface area (TPSA) is 62.1 Å². The van der Waals surface area contributed by atoms with E-state index >= 15 is 0 Å². The normalized spacial score (nSPS) is 12.3. The van der Waals surface area contributed by atoms with Crippen molar-refractivity contribution in [1.82, 2.24) is 9.88 Å². The van der Waals surface area contributed by atoms with Gasteiger partial charge >= 0.3 is 0 Å². The van der Waals surface area contributed by atoms with Gasteiger partial charge in [0.05, 0.1) is 6.04 Å². The van der Waals surface area contributed by atoms with Crippen molar-refractivity contribution < 1.29 is 4.79 Å². The fourth-order valence-electron chi connectivity index (χ4n) is 2.53. The van der Waals surface area contributed by atoms with E-state index in [1.54, 1.807) is 4.90 Å². The van der Waals surface area contributed by atoms with Crippen LogP contribution in [0.15, 0.2) is 42.6 Å². The molecule has 0 aliphatic carbocycles. The van der Waals surface area contributed by atoms with Crippen molar-refractivity contribution in [2.24, 2.45) is 5.73 Å². The summed E-state index contributed by atoms with van der Waals surface area (Å²) >= 11 is 0. The highest BCUT2D eigenvalue weighted by atomic mass is 16.2. The van der Waals surface area contributed by atoms with Gasteiger partial charge in [-0.3, -0.25) is 4.79 Å². The average molecular weight is 285 g/mol. The summed E-state index contributed by atoms with van der Waals surface area (Å²) in [6.45, 7) is 8.95. The van der Waals surface area contributed by atoms with Gasteiger partial charge in [-0.25, -0.2) is 0 Å². The van der Waals surface area contributed by atoms with Crippen LogP contribution in [0.1, 0.15) is 19.4 Å². The SMILES string of the molecule is C=C(C)CN(CC)C(=O)C(N)Cc1c[nH]c2ccccc12. The molecule has 0 saturated carbocycles. The summed E-state index contributed by atoms with van der Waals surface area (Å²) in [6.07, 6.45) is 2.47. The monoisotopic (exact) mass is 285 g/mol. The Balaban J connectivity index is 2.11. The third-order valence-corrected chi connectivity index (χ3v) is 3.59. The van der Waals surface area contributed by atoms with Crippen LogP contribution in [0, 0.1) is 0 Å². The predicted octanol–water partition coefficient (Wildman–Crippen LogP) is 2.46. The fraction of sp³-hybridized carbons (Fsp3) is 0.353. The lowest BCUT2D eigenvalue weighted by molar-refractivity contribution is -0.131. The van der Waals surface area contributed by atoms with Crippen molar-refractivity contribution in [2.75, 3.05) is 13.1 Å². The van der Waals surface area contributed by atoms with E-state index in [4.69, 9.17) is 5.73 Å². The van der Waals surface area contributed by atoms with Gasteiger partial charge in [0, 0.05) is 30.2 Å². The maximum atomic E-state index is 12.4. The Kier molecular flexibility index (Phi) is 4.81. The van der Waals surface area contributed by atoms with E-state index in [-0.39, 0.29) is 5.91 Å². The van der Waals surface area contributed by atoms with Crippen LogP contribution in [0.5, 0.6) is 0 Å². The number of carbonyl (C=O) groups excluding carboxylic acids is 1. The number of rotatable bonds is 6. The van der Waals surface area contributed by atoms with Gasteiger partial charge in [0.2, 0.25) is 5.91 Å². The van der Waals surface area contributed by atoms with Crippen LogP contribution in [0.25, 0.3) is 10.9 Å². The van der Waals surface area contributed by atoms with Crippen molar-refractivity contribution in [3.8, 4) is 0 Å². The van der Waals surface area contributed by atoms with E-state index in [0.717, 1.165) is 22.0 Å². The molecule has 112 valence electrons. The molecule has 0 aliphatic rings. The molecule has 3 N–H and O–H groups in total. The molecule has 1 aromatic carbocycles. The molecule has 1 heterocycles. The van der Waals surface area contributed by atoms with E-state index in [9.17, 15) is 4.79 Å². The maximum absolute atomic E-state index is 12.4. The number of para-hydroxylation sites is 1. The number of likely N-dealkylation sites (N-methyl/N-ethyl adjacent to an activating group) is 1. The van der Waals surface area contributed by atoms with Crippen LogP contribution < -0.4 is 5.73 Å². The summed E-state index contributed by atoms with van der Waals surface area (Å²) < 4.78 is 0. The van der Waals surface area contributed by atoms with Crippen LogP contribution in [0.2, 0.25) is 0 Å². The minimum atomic E-state index is -0.525. The molecule has 4 heteroatoms. The van der Waals surface area contributed by atoms with E-state index in [0.29, 0.717) is 19.5 Å². The smallest absolute Gasteiger partial charge is 0.240 e. The minimum absolute atomic E-state index is 0.0224. The summed E-state index contributed by atoms with van der Waals surface area (Å²) in [5.41, 5.74) is 9.23. The number of nitrogens with zero attached hydrogens (tertiary/aromatic N) is 1. The fourth-order valence-corrected chi connectivity index (χ4v) is 2.53. The molecule has 21 heavy (non-hydrogen) atoms. The molecule has 2 rings (SSSR count). The summed E-state index contributed by atoms with van der Waals surface area (Å²) in [6, 6.07) is 7.52. The third-order valence-electron chi connectivity index (χ3n) is 3.59. The lowest BCUT2D eigenvalue weighted by Gasteiger charge is -2.24. The number of aromatic nitrogens is 1. The van der Waals surface area contributed by atoms with E-state index < -0.39 is 6.04 Å². The molecule has 1 unspecified atom stereocenters. The second-order valence-corrected chi connectivity index (χ2v) is 5.48. The van der Waals surface area contributed by atoms with Crippen LogP contribution in [0.3, 0.4) is 0 Å². The highest BCUT2D eigenvalue weighted by Gasteiger charge is 2.21. The van der Waals surface area contributed by atoms with Gasteiger partial charge in [-0.1, -0.05) is 30.4 Å². The van der Waals surface area contributed by atoms with Crippen molar-refractivity contribution in [2.45, 2.75) is 26.3 Å². The number of carbonyl (C=O) groups is 1.